The second kappa shape index (κ2) is 5.65. The Bertz CT molecular complexity index is 412. The summed E-state index contributed by atoms with van der Waals surface area (Å²) in [5.74, 6) is 0.372. The van der Waals surface area contributed by atoms with Gasteiger partial charge in [-0.05, 0) is 17.2 Å². The molecule has 0 aliphatic heterocycles. The van der Waals surface area contributed by atoms with Gasteiger partial charge in [-0.3, -0.25) is 0 Å². The fraction of sp³-hybridized carbons (Fsp3) is 0.0769. The number of rotatable bonds is 2. The molecule has 2 aromatic carbocycles. The van der Waals surface area contributed by atoms with Crippen LogP contribution in [0.4, 0.5) is 0 Å². The minimum atomic E-state index is 0. The second-order valence-electron chi connectivity index (χ2n) is 3.29. The van der Waals surface area contributed by atoms with Gasteiger partial charge in [0, 0.05) is 6.42 Å². The molecule has 1 nitrogen and oxygen atoms in total. The Hall–Kier alpha value is -1.16. The molecule has 0 unspecified atom stereocenters. The molecule has 2 rings (SSSR count). The van der Waals surface area contributed by atoms with Crippen molar-refractivity contribution in [3.8, 4) is 5.75 Å². The first kappa shape index (κ1) is 11.9. The van der Waals surface area contributed by atoms with E-state index in [1.54, 1.807) is 6.07 Å². The molecule has 0 radical (unpaired) electrons. The molecule has 72 valence electrons. The number of benzene rings is 2. The van der Waals surface area contributed by atoms with Crippen molar-refractivity contribution in [2.75, 3.05) is 0 Å². The Morgan fingerprint density at radius 1 is 0.800 bits per heavy atom. The fourth-order valence-electron chi connectivity index (χ4n) is 1.48. The summed E-state index contributed by atoms with van der Waals surface area (Å²) in [5, 5.41) is 9.57. The molecule has 0 spiro atoms. The molecule has 0 bridgehead atoms. The molecule has 2 heteroatoms. The Balaban J connectivity index is 0.00000112. The molecule has 0 aromatic heterocycles. The van der Waals surface area contributed by atoms with Gasteiger partial charge in [-0.1, -0.05) is 48.5 Å². The molecule has 2 aromatic rings. The molecule has 0 saturated carbocycles. The number of phenolic OH excluding ortho intramolecular Hbond substituents is 1. The Labute approximate surface area is 102 Å². The van der Waals surface area contributed by atoms with Gasteiger partial charge in [-0.25, -0.2) is 0 Å². The van der Waals surface area contributed by atoms with E-state index in [-0.39, 0.29) is 18.9 Å². The number of hydrogen-bond acceptors (Lipinski definition) is 1. The number of para-hydroxylation sites is 1. The molecule has 0 amide bonds. The molecule has 0 fully saturated rings. The van der Waals surface area contributed by atoms with Crippen molar-refractivity contribution in [1.29, 1.82) is 0 Å². The average molecular weight is 192 g/mol. The Kier molecular flexibility index (Phi) is 4.49. The monoisotopic (exact) mass is 192 g/mol. The van der Waals surface area contributed by atoms with Crippen LogP contribution in [0.15, 0.2) is 54.6 Å². The number of phenols is 1. The maximum absolute atomic E-state index is 9.57. The molecular weight excluding hydrogens is 179 g/mol. The van der Waals surface area contributed by atoms with Crippen LogP contribution in [-0.4, -0.2) is 24.0 Å². The van der Waals surface area contributed by atoms with Crippen molar-refractivity contribution < 1.29 is 5.11 Å². The van der Waals surface area contributed by atoms with Crippen LogP contribution >= 0.6 is 0 Å². The summed E-state index contributed by atoms with van der Waals surface area (Å²) in [6, 6.07) is 17.6. The molecule has 0 heterocycles. The Morgan fingerprint density at radius 2 is 1.40 bits per heavy atom. The third kappa shape index (κ3) is 3.16. The van der Waals surface area contributed by atoms with Crippen molar-refractivity contribution in [3.05, 3.63) is 65.7 Å². The van der Waals surface area contributed by atoms with Crippen LogP contribution in [-0.2, 0) is 6.42 Å². The van der Waals surface area contributed by atoms with E-state index >= 15 is 0 Å². The van der Waals surface area contributed by atoms with E-state index in [2.05, 4.69) is 12.1 Å². The van der Waals surface area contributed by atoms with Crippen LogP contribution in [0.5, 0.6) is 5.75 Å². The third-order valence-corrected chi connectivity index (χ3v) is 2.23. The van der Waals surface area contributed by atoms with Crippen LogP contribution < -0.4 is 0 Å². The minimum absolute atomic E-state index is 0. The predicted octanol–water partition coefficient (Wildman–Crippen LogP) is 2.33. The Morgan fingerprint density at radius 3 is 2.07 bits per heavy atom. The van der Waals surface area contributed by atoms with Crippen molar-refractivity contribution in [1.82, 2.24) is 0 Å². The topological polar surface area (TPSA) is 20.2 Å². The zero-order chi connectivity index (χ0) is 9.80. The van der Waals surface area contributed by atoms with Gasteiger partial charge >= 0.3 is 18.9 Å². The van der Waals surface area contributed by atoms with E-state index in [0.717, 1.165) is 12.0 Å². The first-order valence-corrected chi connectivity index (χ1v) is 4.67. The normalized spacial score (nSPS) is 9.33. The van der Waals surface area contributed by atoms with Crippen LogP contribution in [0.2, 0.25) is 0 Å². The van der Waals surface area contributed by atoms with Crippen molar-refractivity contribution in [2.45, 2.75) is 6.42 Å². The fourth-order valence-corrected chi connectivity index (χ4v) is 1.48. The van der Waals surface area contributed by atoms with Gasteiger partial charge in [-0.15, -0.1) is 0 Å². The van der Waals surface area contributed by atoms with E-state index < -0.39 is 0 Å². The summed E-state index contributed by atoms with van der Waals surface area (Å²) >= 11 is 0. The predicted molar refractivity (Wildman–Crippen MR) is 64.5 cm³/mol. The van der Waals surface area contributed by atoms with E-state index in [1.165, 1.54) is 5.56 Å². The summed E-state index contributed by atoms with van der Waals surface area (Å²) in [5.41, 5.74) is 2.19. The van der Waals surface area contributed by atoms with Gasteiger partial charge in [0.1, 0.15) is 5.75 Å². The van der Waals surface area contributed by atoms with Crippen LogP contribution in [0.3, 0.4) is 0 Å². The first-order chi connectivity index (χ1) is 6.86. The molecule has 0 aliphatic rings. The number of aromatic hydroxyl groups is 1. The van der Waals surface area contributed by atoms with Gasteiger partial charge in [0.05, 0.1) is 0 Å². The van der Waals surface area contributed by atoms with Gasteiger partial charge in [0.25, 0.3) is 0 Å². The zero-order valence-electron chi connectivity index (χ0n) is 7.85. The van der Waals surface area contributed by atoms with E-state index in [0.29, 0.717) is 5.75 Å². The van der Waals surface area contributed by atoms with E-state index in [4.69, 9.17) is 0 Å². The average Bonchev–Trinajstić information content (AvgIpc) is 2.23. The summed E-state index contributed by atoms with van der Waals surface area (Å²) < 4.78 is 0. The van der Waals surface area contributed by atoms with Gasteiger partial charge in [0.2, 0.25) is 0 Å². The molecule has 0 aliphatic carbocycles. The molecular formula is C13H13LiO. The second-order valence-corrected chi connectivity index (χ2v) is 3.29. The SMILES string of the molecule is Oc1ccccc1Cc1ccccc1.[LiH]. The molecule has 0 saturated heterocycles. The van der Waals surface area contributed by atoms with Gasteiger partial charge in [0.15, 0.2) is 0 Å². The van der Waals surface area contributed by atoms with Crippen molar-refractivity contribution in [3.63, 3.8) is 0 Å². The standard InChI is InChI=1S/C13H12O.Li.H/c14-13-9-5-4-8-12(13)10-11-6-2-1-3-7-11;;/h1-9,14H,10H2;;. The van der Waals surface area contributed by atoms with Crippen LogP contribution in [0.1, 0.15) is 11.1 Å². The van der Waals surface area contributed by atoms with E-state index in [9.17, 15) is 5.11 Å². The molecule has 1 N–H and O–H groups in total. The molecule has 15 heavy (non-hydrogen) atoms. The number of hydrogen-bond donors (Lipinski definition) is 1. The third-order valence-electron chi connectivity index (χ3n) is 2.23. The van der Waals surface area contributed by atoms with Crippen LogP contribution in [0, 0.1) is 0 Å². The maximum atomic E-state index is 9.57. The summed E-state index contributed by atoms with van der Waals surface area (Å²) in [4.78, 5) is 0. The first-order valence-electron chi connectivity index (χ1n) is 4.67. The summed E-state index contributed by atoms with van der Waals surface area (Å²) in [6.07, 6.45) is 0.785. The summed E-state index contributed by atoms with van der Waals surface area (Å²) in [6.45, 7) is 0. The van der Waals surface area contributed by atoms with Crippen molar-refractivity contribution in [2.24, 2.45) is 0 Å². The quantitative estimate of drug-likeness (QED) is 0.724. The molecule has 0 atom stereocenters. The van der Waals surface area contributed by atoms with E-state index in [1.807, 2.05) is 36.4 Å². The zero-order valence-corrected chi connectivity index (χ0v) is 7.85. The van der Waals surface area contributed by atoms with Gasteiger partial charge < -0.3 is 5.11 Å². The summed E-state index contributed by atoms with van der Waals surface area (Å²) in [7, 11) is 0. The van der Waals surface area contributed by atoms with Gasteiger partial charge in [-0.2, -0.15) is 0 Å². The van der Waals surface area contributed by atoms with Crippen LogP contribution in [0.25, 0.3) is 0 Å². The van der Waals surface area contributed by atoms with Crippen molar-refractivity contribution >= 4 is 18.9 Å².